The summed E-state index contributed by atoms with van der Waals surface area (Å²) >= 11 is 0. The van der Waals surface area contributed by atoms with Crippen molar-refractivity contribution in [2.45, 2.75) is 24.7 Å². The number of hydrogen-bond donors (Lipinski definition) is 2. The van der Waals surface area contributed by atoms with Crippen LogP contribution in [-0.2, 0) is 10.0 Å². The lowest BCUT2D eigenvalue weighted by molar-refractivity contribution is 0.0697. The van der Waals surface area contributed by atoms with Gasteiger partial charge in [-0.05, 0) is 55.2 Å². The van der Waals surface area contributed by atoms with Gasteiger partial charge >= 0.3 is 5.97 Å². The van der Waals surface area contributed by atoms with Crippen LogP contribution in [0.3, 0.4) is 0 Å². The van der Waals surface area contributed by atoms with Crippen molar-refractivity contribution in [3.63, 3.8) is 0 Å². The van der Waals surface area contributed by atoms with Crippen molar-refractivity contribution in [2.75, 3.05) is 22.7 Å². The van der Waals surface area contributed by atoms with E-state index in [1.807, 2.05) is 4.90 Å². The minimum atomic E-state index is -4.02. The number of benzene rings is 2. The molecule has 2 N–H and O–H groups in total. The third kappa shape index (κ3) is 4.39. The summed E-state index contributed by atoms with van der Waals surface area (Å²) in [6.07, 6.45) is 1.96. The van der Waals surface area contributed by atoms with Gasteiger partial charge in [0.1, 0.15) is 5.82 Å². The Labute approximate surface area is 157 Å². The van der Waals surface area contributed by atoms with E-state index in [4.69, 9.17) is 0 Å². The summed E-state index contributed by atoms with van der Waals surface area (Å²) in [5.41, 5.74) is 0.720. The Bertz CT molecular complexity index is 954. The van der Waals surface area contributed by atoms with Gasteiger partial charge in [-0.2, -0.15) is 0 Å². The van der Waals surface area contributed by atoms with Crippen LogP contribution < -0.4 is 9.62 Å². The molecule has 1 aliphatic heterocycles. The number of nitrogens with zero attached hydrogens (tertiary/aromatic N) is 1. The minimum Gasteiger partial charge on any atom is -0.478 e. The molecule has 0 radical (unpaired) electrons. The van der Waals surface area contributed by atoms with Gasteiger partial charge in [0.25, 0.3) is 10.0 Å². The highest BCUT2D eigenvalue weighted by Crippen LogP contribution is 2.29. The molecule has 0 aliphatic carbocycles. The molecule has 2 aromatic rings. The molecular weight excluding hydrogens is 371 g/mol. The highest BCUT2D eigenvalue weighted by atomic mass is 32.2. The van der Waals surface area contributed by atoms with Crippen LogP contribution in [0.15, 0.2) is 47.4 Å². The quantitative estimate of drug-likeness (QED) is 0.812. The zero-order valence-electron chi connectivity index (χ0n) is 14.9. The first kappa shape index (κ1) is 19.2. The second kappa shape index (κ2) is 7.56. The maximum Gasteiger partial charge on any atom is 0.337 e. The number of halogens is 1. The summed E-state index contributed by atoms with van der Waals surface area (Å²) in [7, 11) is -4.02. The van der Waals surface area contributed by atoms with E-state index in [9.17, 15) is 22.7 Å². The number of piperidine rings is 1. The van der Waals surface area contributed by atoms with Crippen LogP contribution in [0.25, 0.3) is 0 Å². The topological polar surface area (TPSA) is 86.7 Å². The van der Waals surface area contributed by atoms with Crippen LogP contribution in [0.5, 0.6) is 0 Å². The first-order chi connectivity index (χ1) is 12.8. The average molecular weight is 392 g/mol. The Morgan fingerprint density at radius 1 is 1.19 bits per heavy atom. The fraction of sp³-hybridized carbons (Fsp3) is 0.316. The lowest BCUT2D eigenvalue weighted by atomic mass is 9.98. The summed E-state index contributed by atoms with van der Waals surface area (Å²) in [6, 6.07) is 9.06. The molecule has 8 heteroatoms. The Morgan fingerprint density at radius 3 is 2.52 bits per heavy atom. The number of rotatable bonds is 5. The van der Waals surface area contributed by atoms with Gasteiger partial charge in [-0.3, -0.25) is 4.72 Å². The molecule has 1 heterocycles. The number of carboxylic acid groups (broad SMARTS) is 1. The van der Waals surface area contributed by atoms with Gasteiger partial charge in [0.05, 0.1) is 16.1 Å². The minimum absolute atomic E-state index is 0.0315. The van der Waals surface area contributed by atoms with E-state index in [1.54, 1.807) is 6.07 Å². The second-order valence-electron chi connectivity index (χ2n) is 6.77. The largest absolute Gasteiger partial charge is 0.478 e. The van der Waals surface area contributed by atoms with Crippen LogP contribution in [0, 0.1) is 11.7 Å². The molecule has 1 saturated heterocycles. The first-order valence-corrected chi connectivity index (χ1v) is 10.2. The van der Waals surface area contributed by atoms with Crippen molar-refractivity contribution < 1.29 is 22.7 Å². The Morgan fingerprint density at radius 2 is 1.89 bits per heavy atom. The second-order valence-corrected chi connectivity index (χ2v) is 8.45. The molecule has 2 aromatic carbocycles. The fourth-order valence-corrected chi connectivity index (χ4v) is 4.22. The third-order valence-corrected chi connectivity index (χ3v) is 6.09. The van der Waals surface area contributed by atoms with Crippen LogP contribution in [-0.4, -0.2) is 32.6 Å². The van der Waals surface area contributed by atoms with Crippen molar-refractivity contribution in [2.24, 2.45) is 5.92 Å². The number of sulfonamides is 1. The standard InChI is InChI=1S/C19H21FN2O4S/c1-13-7-9-22(10-8-13)18-6-5-15(12-17(18)19(23)24)21-27(25,26)16-4-2-3-14(20)11-16/h2-6,11-13,21H,7-10H2,1H3,(H,23,24). The molecule has 6 nitrogen and oxygen atoms in total. The van der Waals surface area contributed by atoms with E-state index in [2.05, 4.69) is 11.6 Å². The molecular formula is C19H21FN2O4S. The van der Waals surface area contributed by atoms with Crippen molar-refractivity contribution >= 4 is 27.4 Å². The SMILES string of the molecule is CC1CCN(c2ccc(NS(=O)(=O)c3cccc(F)c3)cc2C(=O)O)CC1. The van der Waals surface area contributed by atoms with E-state index >= 15 is 0 Å². The van der Waals surface area contributed by atoms with Crippen molar-refractivity contribution in [1.29, 1.82) is 0 Å². The highest BCUT2D eigenvalue weighted by Gasteiger charge is 2.22. The van der Waals surface area contributed by atoms with Crippen LogP contribution in [0.1, 0.15) is 30.1 Å². The average Bonchev–Trinajstić information content (AvgIpc) is 2.62. The summed E-state index contributed by atoms with van der Waals surface area (Å²) in [5.74, 6) is -1.19. The van der Waals surface area contributed by atoms with E-state index in [0.717, 1.165) is 38.1 Å². The molecule has 3 rings (SSSR count). The molecule has 1 aliphatic rings. The predicted molar refractivity (Wildman–Crippen MR) is 101 cm³/mol. The maximum absolute atomic E-state index is 13.3. The lowest BCUT2D eigenvalue weighted by Gasteiger charge is -2.33. The first-order valence-electron chi connectivity index (χ1n) is 8.67. The number of aromatic carboxylic acids is 1. The van der Waals surface area contributed by atoms with Gasteiger partial charge in [0.15, 0.2) is 0 Å². The summed E-state index contributed by atoms with van der Waals surface area (Å²) in [6.45, 7) is 3.69. The van der Waals surface area contributed by atoms with Gasteiger partial charge in [-0.1, -0.05) is 13.0 Å². The third-order valence-electron chi connectivity index (χ3n) is 4.71. The smallest absolute Gasteiger partial charge is 0.337 e. The Kier molecular flexibility index (Phi) is 5.36. The molecule has 144 valence electrons. The summed E-state index contributed by atoms with van der Waals surface area (Å²) in [4.78, 5) is 13.5. The molecule has 0 saturated carbocycles. The molecule has 1 fully saturated rings. The Hall–Kier alpha value is -2.61. The van der Waals surface area contributed by atoms with Crippen LogP contribution in [0.2, 0.25) is 0 Å². The van der Waals surface area contributed by atoms with Crippen molar-refractivity contribution in [3.8, 4) is 0 Å². The monoisotopic (exact) mass is 392 g/mol. The van der Waals surface area contributed by atoms with Gasteiger partial charge in [-0.15, -0.1) is 0 Å². The van der Waals surface area contributed by atoms with Crippen molar-refractivity contribution in [1.82, 2.24) is 0 Å². The van der Waals surface area contributed by atoms with Gasteiger partial charge in [0, 0.05) is 18.8 Å². The van der Waals surface area contributed by atoms with E-state index in [-0.39, 0.29) is 16.1 Å². The van der Waals surface area contributed by atoms with Gasteiger partial charge < -0.3 is 10.0 Å². The van der Waals surface area contributed by atoms with Crippen LogP contribution in [0.4, 0.5) is 15.8 Å². The van der Waals surface area contributed by atoms with E-state index < -0.39 is 21.8 Å². The van der Waals surface area contributed by atoms with E-state index in [1.165, 1.54) is 24.3 Å². The molecule has 0 spiro atoms. The molecule has 0 aromatic heterocycles. The zero-order valence-corrected chi connectivity index (χ0v) is 15.7. The molecule has 0 amide bonds. The molecule has 0 bridgehead atoms. The molecule has 0 atom stereocenters. The van der Waals surface area contributed by atoms with Gasteiger partial charge in [0.2, 0.25) is 0 Å². The summed E-state index contributed by atoms with van der Waals surface area (Å²) in [5, 5.41) is 9.57. The van der Waals surface area contributed by atoms with E-state index in [0.29, 0.717) is 11.6 Å². The normalized spacial score (nSPS) is 15.6. The molecule has 27 heavy (non-hydrogen) atoms. The highest BCUT2D eigenvalue weighted by molar-refractivity contribution is 7.92. The predicted octanol–water partition coefficient (Wildman–Crippen LogP) is 3.56. The lowest BCUT2D eigenvalue weighted by Crippen LogP contribution is -2.33. The van der Waals surface area contributed by atoms with Crippen LogP contribution >= 0.6 is 0 Å². The number of nitrogens with one attached hydrogen (secondary N) is 1. The zero-order chi connectivity index (χ0) is 19.6. The number of carboxylic acids is 1. The van der Waals surface area contributed by atoms with Crippen molar-refractivity contribution in [3.05, 3.63) is 53.8 Å². The Balaban J connectivity index is 1.89. The fourth-order valence-electron chi connectivity index (χ4n) is 3.14. The summed E-state index contributed by atoms with van der Waals surface area (Å²) < 4.78 is 40.5. The van der Waals surface area contributed by atoms with Gasteiger partial charge in [-0.25, -0.2) is 17.6 Å². The number of hydrogen-bond acceptors (Lipinski definition) is 4. The maximum atomic E-state index is 13.3. The number of carbonyl (C=O) groups is 1. The molecule has 0 unspecified atom stereocenters. The number of anilines is 2.